The zero-order valence-electron chi connectivity index (χ0n) is 23.8. The van der Waals surface area contributed by atoms with Crippen LogP contribution in [-0.2, 0) is 9.47 Å². The van der Waals surface area contributed by atoms with Crippen LogP contribution in [0.5, 0.6) is 0 Å². The second kappa shape index (κ2) is 13.0. The summed E-state index contributed by atoms with van der Waals surface area (Å²) in [5, 5.41) is 16.8. The molecule has 3 aliphatic rings. The number of aliphatic hydroxyl groups is 1. The van der Waals surface area contributed by atoms with Gasteiger partial charge in [-0.2, -0.15) is 0 Å². The van der Waals surface area contributed by atoms with Crippen LogP contribution in [0.15, 0.2) is 48.7 Å². The van der Waals surface area contributed by atoms with E-state index in [-0.39, 0.29) is 24.2 Å². The lowest BCUT2D eigenvalue weighted by Crippen LogP contribution is -2.36. The van der Waals surface area contributed by atoms with Crippen LogP contribution < -0.4 is 15.5 Å². The number of carbonyl (C=O) groups is 2. The number of aliphatic hydroxyl groups excluding tert-OH is 1. The number of nitrogens with zero attached hydrogens (tertiary/aromatic N) is 3. The molecule has 2 atom stereocenters. The molecule has 2 saturated heterocycles. The molecule has 10 nitrogen and oxygen atoms in total. The molecule has 6 rings (SSSR count). The van der Waals surface area contributed by atoms with Gasteiger partial charge in [0.2, 0.25) is 0 Å². The smallest absolute Gasteiger partial charge is 0.407 e. The molecule has 2 aromatic heterocycles. The third kappa shape index (κ3) is 6.82. The predicted octanol–water partition coefficient (Wildman–Crippen LogP) is 3.92. The van der Waals surface area contributed by atoms with Crippen molar-refractivity contribution in [2.45, 2.75) is 50.7 Å². The molecule has 0 unspecified atom stereocenters. The van der Waals surface area contributed by atoms with Gasteiger partial charge in [0.15, 0.2) is 0 Å². The van der Waals surface area contributed by atoms with Crippen LogP contribution in [0.4, 0.5) is 10.6 Å². The molecule has 4 heterocycles. The number of pyridine rings is 2. The third-order valence-electron chi connectivity index (χ3n) is 8.71. The van der Waals surface area contributed by atoms with Gasteiger partial charge in [-0.1, -0.05) is 18.2 Å². The fourth-order valence-corrected chi connectivity index (χ4v) is 6.18. The molecule has 0 spiro atoms. The molecule has 0 radical (unpaired) electrons. The number of para-hydroxylation sites is 1. The van der Waals surface area contributed by atoms with Crippen molar-refractivity contribution >= 4 is 28.7 Å². The van der Waals surface area contributed by atoms with E-state index < -0.39 is 0 Å². The maximum Gasteiger partial charge on any atom is 0.407 e. The molecule has 3 fully saturated rings. The van der Waals surface area contributed by atoms with Crippen LogP contribution in [0.1, 0.15) is 48.9 Å². The molecule has 10 heteroatoms. The van der Waals surface area contributed by atoms with Gasteiger partial charge >= 0.3 is 6.09 Å². The number of amides is 2. The van der Waals surface area contributed by atoms with Gasteiger partial charge in [-0.25, -0.2) is 14.8 Å². The summed E-state index contributed by atoms with van der Waals surface area (Å²) in [5.41, 5.74) is 2.90. The van der Waals surface area contributed by atoms with Crippen molar-refractivity contribution in [2.24, 2.45) is 11.8 Å². The Morgan fingerprint density at radius 1 is 1.00 bits per heavy atom. The summed E-state index contributed by atoms with van der Waals surface area (Å²) in [6.45, 7) is 3.74. The Labute approximate surface area is 245 Å². The first-order chi connectivity index (χ1) is 20.5. The Morgan fingerprint density at radius 2 is 1.79 bits per heavy atom. The van der Waals surface area contributed by atoms with Crippen LogP contribution in [-0.4, -0.2) is 78.7 Å². The lowest BCUT2D eigenvalue weighted by molar-refractivity contribution is 0.0813. The lowest BCUT2D eigenvalue weighted by Gasteiger charge is -2.28. The van der Waals surface area contributed by atoms with E-state index in [1.807, 2.05) is 42.5 Å². The number of nitrogens with one attached hydrogen (secondary N) is 2. The number of rotatable bonds is 8. The molecule has 3 N–H and O–H groups in total. The summed E-state index contributed by atoms with van der Waals surface area (Å²) < 4.78 is 10.6. The van der Waals surface area contributed by atoms with Crippen LogP contribution in [0.2, 0.25) is 0 Å². The molecule has 0 bridgehead atoms. The number of aromatic nitrogens is 2. The number of fused-ring (bicyclic) bond motifs is 1. The van der Waals surface area contributed by atoms with Crippen LogP contribution in [0, 0.1) is 11.8 Å². The first kappa shape index (κ1) is 28.4. The van der Waals surface area contributed by atoms with Gasteiger partial charge in [0.25, 0.3) is 5.91 Å². The van der Waals surface area contributed by atoms with Gasteiger partial charge < -0.3 is 30.1 Å². The maximum absolute atomic E-state index is 13.5. The summed E-state index contributed by atoms with van der Waals surface area (Å²) in [6, 6.07) is 13.5. The van der Waals surface area contributed by atoms with E-state index in [0.29, 0.717) is 55.9 Å². The Balaban J connectivity index is 1.04. The summed E-state index contributed by atoms with van der Waals surface area (Å²) in [5.74, 6) is 1.55. The zero-order valence-corrected chi connectivity index (χ0v) is 23.8. The number of carbonyl (C=O) groups excluding carboxylic acids is 2. The second-order valence-corrected chi connectivity index (χ2v) is 11.7. The predicted molar refractivity (Wildman–Crippen MR) is 159 cm³/mol. The minimum Gasteiger partial charge on any atom is -0.444 e. The van der Waals surface area contributed by atoms with E-state index in [9.17, 15) is 14.7 Å². The molecule has 222 valence electrons. The van der Waals surface area contributed by atoms with Crippen molar-refractivity contribution in [1.29, 1.82) is 0 Å². The fraction of sp³-hybridized carbons (Fsp3) is 0.500. The van der Waals surface area contributed by atoms with Crippen LogP contribution in [0.25, 0.3) is 22.2 Å². The molecule has 3 aromatic rings. The highest BCUT2D eigenvalue weighted by Crippen LogP contribution is 2.29. The van der Waals surface area contributed by atoms with Gasteiger partial charge in [0, 0.05) is 49.7 Å². The molecule has 42 heavy (non-hydrogen) atoms. The molecule has 2 aliphatic heterocycles. The summed E-state index contributed by atoms with van der Waals surface area (Å²) in [7, 11) is 0. The van der Waals surface area contributed by atoms with Crippen molar-refractivity contribution in [1.82, 2.24) is 20.6 Å². The topological polar surface area (TPSA) is 126 Å². The normalized spacial score (nSPS) is 24.1. The van der Waals surface area contributed by atoms with Crippen molar-refractivity contribution < 1.29 is 24.2 Å². The standard InChI is InChI=1S/C32H39N5O5/c38-24-11-13-37(19-24)30-10-9-23(18-33-30)29-15-27(26-3-1-2-4-28(26)36-29)31(39)34-16-21-5-7-22(8-6-21)17-35-32(40)42-25-12-14-41-20-25/h1-4,9-10,15,18,21-22,24-25,38H,5-8,11-14,16-17,19-20H2,(H,34,39)(H,35,40)/t21-,22-,24-,25+/m1/s1. The number of ether oxygens (including phenoxy) is 2. The fourth-order valence-electron chi connectivity index (χ4n) is 6.18. The highest BCUT2D eigenvalue weighted by atomic mass is 16.6. The van der Waals surface area contributed by atoms with Gasteiger partial charge in [0.05, 0.1) is 36.1 Å². The Morgan fingerprint density at radius 3 is 2.48 bits per heavy atom. The highest BCUT2D eigenvalue weighted by Gasteiger charge is 2.25. The second-order valence-electron chi connectivity index (χ2n) is 11.7. The van der Waals surface area contributed by atoms with Gasteiger partial charge in [-0.3, -0.25) is 4.79 Å². The maximum atomic E-state index is 13.5. The SMILES string of the molecule is O=C(NC[C@H]1CC[C@H](CNC(=O)c2cc(-c3ccc(N4CC[C@@H](O)C4)nc3)nc3ccccc23)CC1)O[C@H]1CCOC1. The van der Waals surface area contributed by atoms with Gasteiger partial charge in [-0.15, -0.1) is 0 Å². The summed E-state index contributed by atoms with van der Waals surface area (Å²) >= 11 is 0. The molecule has 2 amide bonds. The molecule has 1 saturated carbocycles. The average Bonchev–Trinajstić information content (AvgIpc) is 3.70. The summed E-state index contributed by atoms with van der Waals surface area (Å²) in [6.07, 6.45) is 6.52. The monoisotopic (exact) mass is 573 g/mol. The van der Waals surface area contributed by atoms with E-state index >= 15 is 0 Å². The lowest BCUT2D eigenvalue weighted by atomic mass is 9.82. The van der Waals surface area contributed by atoms with E-state index in [4.69, 9.17) is 14.5 Å². The highest BCUT2D eigenvalue weighted by molar-refractivity contribution is 6.07. The van der Waals surface area contributed by atoms with Crippen molar-refractivity contribution in [3.05, 3.63) is 54.2 Å². The van der Waals surface area contributed by atoms with E-state index in [1.165, 1.54) is 0 Å². The molecular formula is C32H39N5O5. The average molecular weight is 574 g/mol. The zero-order chi connectivity index (χ0) is 28.9. The Kier molecular flexibility index (Phi) is 8.81. The Hall–Kier alpha value is -3.76. The Bertz CT molecular complexity index is 1390. The number of anilines is 1. The quantitative estimate of drug-likeness (QED) is 0.370. The van der Waals surface area contributed by atoms with Gasteiger partial charge in [-0.05, 0) is 68.2 Å². The largest absolute Gasteiger partial charge is 0.444 e. The number of alkyl carbamates (subject to hydrolysis) is 1. The minimum absolute atomic E-state index is 0.104. The first-order valence-corrected chi connectivity index (χ1v) is 15.1. The van der Waals surface area contributed by atoms with Crippen molar-refractivity contribution in [3.63, 3.8) is 0 Å². The van der Waals surface area contributed by atoms with Crippen LogP contribution >= 0.6 is 0 Å². The first-order valence-electron chi connectivity index (χ1n) is 15.1. The molecule has 1 aliphatic carbocycles. The molecule has 1 aromatic carbocycles. The number of benzene rings is 1. The van der Waals surface area contributed by atoms with Crippen molar-refractivity contribution in [3.8, 4) is 11.3 Å². The third-order valence-corrected chi connectivity index (χ3v) is 8.71. The number of hydrogen-bond acceptors (Lipinski definition) is 8. The van der Waals surface area contributed by atoms with Gasteiger partial charge in [0.1, 0.15) is 11.9 Å². The van der Waals surface area contributed by atoms with E-state index in [2.05, 4.69) is 20.5 Å². The minimum atomic E-state index is -0.359. The number of hydrogen-bond donors (Lipinski definition) is 3. The van der Waals surface area contributed by atoms with Crippen molar-refractivity contribution in [2.75, 3.05) is 44.3 Å². The van der Waals surface area contributed by atoms with E-state index in [0.717, 1.165) is 67.4 Å². The molecular weight excluding hydrogens is 534 g/mol. The van der Waals surface area contributed by atoms with Crippen LogP contribution in [0.3, 0.4) is 0 Å². The van der Waals surface area contributed by atoms with E-state index in [1.54, 1.807) is 6.20 Å². The summed E-state index contributed by atoms with van der Waals surface area (Å²) in [4.78, 5) is 37.0. The number of β-amino-alcohol motifs (C(OH)–C–C–N with tert-alkyl or cyclic N) is 1.